The van der Waals surface area contributed by atoms with Crippen LogP contribution in [0, 0.1) is 3.57 Å². The van der Waals surface area contributed by atoms with Crippen molar-refractivity contribution in [1.82, 2.24) is 0 Å². The quantitative estimate of drug-likeness (QED) is 0.610. The van der Waals surface area contributed by atoms with Crippen LogP contribution in [0.25, 0.3) is 0 Å². The first-order chi connectivity index (χ1) is 9.52. The van der Waals surface area contributed by atoms with Crippen LogP contribution in [-0.4, -0.2) is 0 Å². The molecule has 2 unspecified atom stereocenters. The maximum Gasteiger partial charge on any atom is 0.0562 e. The van der Waals surface area contributed by atoms with Crippen molar-refractivity contribution in [1.29, 1.82) is 0 Å². The third-order valence-electron chi connectivity index (χ3n) is 3.77. The molecule has 0 aliphatic heterocycles. The minimum Gasteiger partial charge on any atom is -0.320 e. The topological polar surface area (TPSA) is 26.0 Å². The zero-order chi connectivity index (χ0) is 14.7. The first-order valence-corrected chi connectivity index (χ1v) is 8.70. The Morgan fingerprint density at radius 2 is 1.70 bits per heavy atom. The van der Waals surface area contributed by atoms with E-state index in [0.717, 1.165) is 22.0 Å². The molecule has 3 heteroatoms. The molecule has 0 fully saturated rings. The van der Waals surface area contributed by atoms with Crippen molar-refractivity contribution in [3.8, 4) is 0 Å². The summed E-state index contributed by atoms with van der Waals surface area (Å²) in [4.78, 5) is 0. The molecule has 0 aliphatic rings. The third kappa shape index (κ3) is 3.62. The van der Waals surface area contributed by atoms with E-state index in [2.05, 4.69) is 88.8 Å². The Hall–Kier alpha value is -0.390. The second kappa shape index (κ2) is 7.05. The summed E-state index contributed by atoms with van der Waals surface area (Å²) in [6.07, 6.45) is 1.16. The minimum absolute atomic E-state index is 0.0783. The highest BCUT2D eigenvalue weighted by atomic mass is 127. The van der Waals surface area contributed by atoms with Gasteiger partial charge in [0.15, 0.2) is 0 Å². The average molecular weight is 444 g/mol. The van der Waals surface area contributed by atoms with Gasteiger partial charge in [-0.15, -0.1) is 0 Å². The molecule has 2 N–H and O–H groups in total. The Morgan fingerprint density at radius 3 is 2.30 bits per heavy atom. The van der Waals surface area contributed by atoms with Crippen LogP contribution in [-0.2, 0) is 0 Å². The highest BCUT2D eigenvalue weighted by Gasteiger charge is 2.13. The van der Waals surface area contributed by atoms with Crippen molar-refractivity contribution in [2.45, 2.75) is 32.2 Å². The van der Waals surface area contributed by atoms with E-state index in [9.17, 15) is 0 Å². The molecule has 0 heterocycles. The van der Waals surface area contributed by atoms with Gasteiger partial charge < -0.3 is 5.73 Å². The van der Waals surface area contributed by atoms with Gasteiger partial charge in [0.1, 0.15) is 0 Å². The summed E-state index contributed by atoms with van der Waals surface area (Å²) in [6.45, 7) is 4.47. The molecular weight excluding hydrogens is 425 g/mol. The average Bonchev–Trinajstić information content (AvgIpc) is 2.48. The molecule has 2 rings (SSSR count). The number of nitrogens with two attached hydrogens (primary N) is 1. The van der Waals surface area contributed by atoms with Crippen molar-refractivity contribution in [3.63, 3.8) is 0 Å². The van der Waals surface area contributed by atoms with Gasteiger partial charge in [0.2, 0.25) is 0 Å². The maximum absolute atomic E-state index is 6.42. The highest BCUT2D eigenvalue weighted by molar-refractivity contribution is 14.1. The van der Waals surface area contributed by atoms with Crippen LogP contribution in [0.4, 0.5) is 0 Å². The van der Waals surface area contributed by atoms with Gasteiger partial charge in [0.25, 0.3) is 0 Å². The molecule has 106 valence electrons. The number of hydrogen-bond donors (Lipinski definition) is 1. The van der Waals surface area contributed by atoms with Crippen LogP contribution in [0.1, 0.15) is 48.9 Å². The van der Waals surface area contributed by atoms with E-state index in [-0.39, 0.29) is 6.04 Å². The lowest BCUT2D eigenvalue weighted by Gasteiger charge is -2.16. The molecule has 0 aromatic heterocycles. The molecule has 0 radical (unpaired) electrons. The molecular formula is C17H19BrIN. The van der Waals surface area contributed by atoms with Crippen molar-refractivity contribution in [3.05, 3.63) is 67.2 Å². The van der Waals surface area contributed by atoms with Crippen molar-refractivity contribution < 1.29 is 0 Å². The van der Waals surface area contributed by atoms with Gasteiger partial charge in [-0.05, 0) is 69.8 Å². The van der Waals surface area contributed by atoms with Gasteiger partial charge >= 0.3 is 0 Å². The summed E-state index contributed by atoms with van der Waals surface area (Å²) in [6, 6.07) is 14.9. The van der Waals surface area contributed by atoms with E-state index >= 15 is 0 Å². The summed E-state index contributed by atoms with van der Waals surface area (Å²) in [5.41, 5.74) is 10.1. The van der Waals surface area contributed by atoms with Crippen molar-refractivity contribution in [2.75, 3.05) is 0 Å². The Bertz CT molecular complexity index is 580. The van der Waals surface area contributed by atoms with Crippen LogP contribution in [0.5, 0.6) is 0 Å². The number of hydrogen-bond acceptors (Lipinski definition) is 1. The fourth-order valence-electron chi connectivity index (χ4n) is 2.20. The normalized spacial score (nSPS) is 14.1. The number of halogens is 2. The summed E-state index contributed by atoms with van der Waals surface area (Å²) in [5, 5.41) is 0. The summed E-state index contributed by atoms with van der Waals surface area (Å²) < 4.78 is 2.27. The van der Waals surface area contributed by atoms with E-state index in [1.165, 1.54) is 9.13 Å². The summed E-state index contributed by atoms with van der Waals surface area (Å²) in [7, 11) is 0. The first-order valence-electron chi connectivity index (χ1n) is 6.83. The van der Waals surface area contributed by atoms with Crippen LogP contribution >= 0.6 is 38.5 Å². The Morgan fingerprint density at radius 1 is 1.10 bits per heavy atom. The fourth-order valence-corrected chi connectivity index (χ4v) is 3.25. The molecule has 1 nitrogen and oxygen atoms in total. The highest BCUT2D eigenvalue weighted by Crippen LogP contribution is 2.28. The smallest absolute Gasteiger partial charge is 0.0562 e. The Kier molecular flexibility index (Phi) is 5.64. The molecule has 2 aromatic carbocycles. The molecule has 0 aliphatic carbocycles. The molecule has 0 spiro atoms. The minimum atomic E-state index is -0.0783. The molecule has 20 heavy (non-hydrogen) atoms. The van der Waals surface area contributed by atoms with Gasteiger partial charge in [-0.3, -0.25) is 0 Å². The van der Waals surface area contributed by atoms with Crippen LogP contribution in [0.3, 0.4) is 0 Å². The lowest BCUT2D eigenvalue weighted by molar-refractivity contribution is 0.732. The Labute approximate surface area is 143 Å². The summed E-state index contributed by atoms with van der Waals surface area (Å²) in [5.74, 6) is 0.603. The maximum atomic E-state index is 6.42. The van der Waals surface area contributed by atoms with E-state index in [1.807, 2.05) is 6.07 Å². The molecule has 0 saturated carbocycles. The molecule has 2 aromatic rings. The zero-order valence-electron chi connectivity index (χ0n) is 11.7. The summed E-state index contributed by atoms with van der Waals surface area (Å²) >= 11 is 5.86. The monoisotopic (exact) mass is 443 g/mol. The second-order valence-corrected chi connectivity index (χ2v) is 7.20. The van der Waals surface area contributed by atoms with Crippen molar-refractivity contribution >= 4 is 38.5 Å². The van der Waals surface area contributed by atoms with Crippen LogP contribution in [0.2, 0.25) is 0 Å². The van der Waals surface area contributed by atoms with Gasteiger partial charge in [-0.1, -0.05) is 54.0 Å². The number of benzene rings is 2. The largest absolute Gasteiger partial charge is 0.320 e. The van der Waals surface area contributed by atoms with E-state index in [0.29, 0.717) is 5.92 Å². The zero-order valence-corrected chi connectivity index (χ0v) is 15.5. The van der Waals surface area contributed by atoms with E-state index in [1.54, 1.807) is 0 Å². The van der Waals surface area contributed by atoms with Crippen LogP contribution in [0.15, 0.2) is 46.9 Å². The molecule has 0 amide bonds. The van der Waals surface area contributed by atoms with E-state index < -0.39 is 0 Å². The predicted octanol–water partition coefficient (Wildman–Crippen LogP) is 5.62. The van der Waals surface area contributed by atoms with Crippen LogP contribution < -0.4 is 5.73 Å². The lowest BCUT2D eigenvalue weighted by Crippen LogP contribution is -2.13. The Balaban J connectivity index is 2.29. The lowest BCUT2D eigenvalue weighted by atomic mass is 9.94. The van der Waals surface area contributed by atoms with Gasteiger partial charge in [0.05, 0.1) is 6.04 Å². The predicted molar refractivity (Wildman–Crippen MR) is 98.0 cm³/mol. The standard InChI is InChI=1S/C17H19BrIN/c1-3-11(2)12-4-6-13(7-5-12)17(20)15-10-14(18)8-9-16(15)19/h4-11,17H,3,20H2,1-2H3. The third-order valence-corrected chi connectivity index (χ3v) is 5.25. The van der Waals surface area contributed by atoms with Gasteiger partial charge in [-0.2, -0.15) is 0 Å². The first kappa shape index (κ1) is 16.0. The fraction of sp³-hybridized carbons (Fsp3) is 0.294. The van der Waals surface area contributed by atoms with Crippen molar-refractivity contribution in [2.24, 2.45) is 5.73 Å². The van der Waals surface area contributed by atoms with E-state index in [4.69, 9.17) is 5.73 Å². The van der Waals surface area contributed by atoms with Gasteiger partial charge in [-0.25, -0.2) is 0 Å². The molecule has 0 saturated heterocycles. The number of rotatable bonds is 4. The van der Waals surface area contributed by atoms with Gasteiger partial charge in [0, 0.05) is 8.04 Å². The molecule has 2 atom stereocenters. The second-order valence-electron chi connectivity index (χ2n) is 5.12. The molecule has 0 bridgehead atoms. The SMILES string of the molecule is CCC(C)c1ccc(C(N)c2cc(Br)ccc2I)cc1.